The van der Waals surface area contributed by atoms with Gasteiger partial charge in [-0.2, -0.15) is 0 Å². The van der Waals surface area contributed by atoms with Crippen molar-refractivity contribution in [1.82, 2.24) is 10.2 Å². The summed E-state index contributed by atoms with van der Waals surface area (Å²) in [7, 11) is 0. The van der Waals surface area contributed by atoms with E-state index >= 15 is 0 Å². The number of rotatable bonds is 3. The molecule has 1 aliphatic heterocycles. The van der Waals surface area contributed by atoms with Crippen molar-refractivity contribution in [3.05, 3.63) is 0 Å². The number of hydrogen-bond acceptors (Lipinski definition) is 3. The minimum atomic E-state index is -0.972. The number of amides is 2. The van der Waals surface area contributed by atoms with Crippen LogP contribution < -0.4 is 5.32 Å². The molecule has 0 aromatic carbocycles. The number of nitrogens with zero attached hydrogens (tertiary/aromatic N) is 1. The van der Waals surface area contributed by atoms with Crippen molar-refractivity contribution >= 4 is 11.8 Å². The molecule has 2 rings (SSSR count). The zero-order valence-corrected chi connectivity index (χ0v) is 10.5. The summed E-state index contributed by atoms with van der Waals surface area (Å²) in [5, 5.41) is 2.90. The first-order chi connectivity index (χ1) is 8.01. The number of carbonyl (C=O) groups is 2. The van der Waals surface area contributed by atoms with Crippen LogP contribution in [-0.4, -0.2) is 49.1 Å². The average molecular weight is 240 g/mol. The predicted molar refractivity (Wildman–Crippen MR) is 62.3 cm³/mol. The highest BCUT2D eigenvalue weighted by Gasteiger charge is 2.41. The van der Waals surface area contributed by atoms with E-state index in [1.165, 1.54) is 0 Å². The van der Waals surface area contributed by atoms with Gasteiger partial charge in [0.15, 0.2) is 0 Å². The van der Waals surface area contributed by atoms with Crippen LogP contribution in [0.5, 0.6) is 0 Å². The van der Waals surface area contributed by atoms with Crippen LogP contribution in [0.4, 0.5) is 0 Å². The Balaban J connectivity index is 1.96. The Hall–Kier alpha value is -1.10. The summed E-state index contributed by atoms with van der Waals surface area (Å²) in [6, 6.07) is 0.291. The molecule has 96 valence electrons. The van der Waals surface area contributed by atoms with E-state index in [1.54, 1.807) is 18.7 Å². The molecule has 0 radical (unpaired) electrons. The number of hydrogen-bond donors (Lipinski definition) is 1. The Bertz CT molecular complexity index is 318. The molecule has 1 saturated carbocycles. The number of morpholine rings is 1. The monoisotopic (exact) mass is 240 g/mol. The molecular formula is C12H20N2O3. The summed E-state index contributed by atoms with van der Waals surface area (Å²) in [5.41, 5.74) is -0.972. The maximum atomic E-state index is 12.3. The molecule has 5 nitrogen and oxygen atoms in total. The molecule has 1 N–H and O–H groups in total. The molecule has 2 fully saturated rings. The van der Waals surface area contributed by atoms with Crippen LogP contribution in [-0.2, 0) is 14.3 Å². The third kappa shape index (κ3) is 2.77. The lowest BCUT2D eigenvalue weighted by atomic mass is 9.90. The minimum absolute atomic E-state index is 0.0982. The van der Waals surface area contributed by atoms with Crippen molar-refractivity contribution in [2.24, 2.45) is 5.41 Å². The maximum Gasteiger partial charge on any atom is 0.237 e. The van der Waals surface area contributed by atoms with E-state index in [0.29, 0.717) is 32.3 Å². The Labute approximate surface area is 101 Å². The normalized spacial score (nSPS) is 21.2. The van der Waals surface area contributed by atoms with E-state index in [9.17, 15) is 9.59 Å². The summed E-state index contributed by atoms with van der Waals surface area (Å²) < 4.78 is 5.20. The molecule has 2 amide bonds. The van der Waals surface area contributed by atoms with Crippen LogP contribution >= 0.6 is 0 Å². The molecule has 0 spiro atoms. The molecule has 0 bridgehead atoms. The average Bonchev–Trinajstić information content (AvgIpc) is 3.13. The molecular weight excluding hydrogens is 220 g/mol. The van der Waals surface area contributed by atoms with Gasteiger partial charge in [0.2, 0.25) is 11.8 Å². The fraction of sp³-hybridized carbons (Fsp3) is 0.833. The fourth-order valence-electron chi connectivity index (χ4n) is 1.85. The first-order valence-electron chi connectivity index (χ1n) is 6.20. The van der Waals surface area contributed by atoms with Crippen LogP contribution in [0.2, 0.25) is 0 Å². The van der Waals surface area contributed by atoms with Gasteiger partial charge in [-0.3, -0.25) is 9.59 Å². The molecule has 0 unspecified atom stereocenters. The number of carbonyl (C=O) groups excluding carboxylic acids is 2. The third-order valence-corrected chi connectivity index (χ3v) is 3.31. The highest BCUT2D eigenvalue weighted by atomic mass is 16.5. The fourth-order valence-corrected chi connectivity index (χ4v) is 1.85. The number of ether oxygens (including phenoxy) is 1. The molecule has 17 heavy (non-hydrogen) atoms. The Morgan fingerprint density at radius 3 is 2.35 bits per heavy atom. The molecule has 5 heteroatoms. The quantitative estimate of drug-likeness (QED) is 0.714. The van der Waals surface area contributed by atoms with Gasteiger partial charge in [-0.1, -0.05) is 0 Å². The van der Waals surface area contributed by atoms with Crippen molar-refractivity contribution in [2.75, 3.05) is 26.3 Å². The highest BCUT2D eigenvalue weighted by Crippen LogP contribution is 2.24. The zero-order valence-electron chi connectivity index (χ0n) is 10.5. The lowest BCUT2D eigenvalue weighted by Gasteiger charge is -2.33. The van der Waals surface area contributed by atoms with E-state index in [-0.39, 0.29) is 11.8 Å². The first kappa shape index (κ1) is 12.4. The molecule has 2 aliphatic rings. The standard InChI is InChI=1S/C12H20N2O3/c1-12(2,10(15)13-9-3-4-9)11(16)14-5-7-17-8-6-14/h9H,3-8H2,1-2H3,(H,13,15). The van der Waals surface area contributed by atoms with Gasteiger partial charge in [0.25, 0.3) is 0 Å². The van der Waals surface area contributed by atoms with Crippen molar-refractivity contribution in [3.8, 4) is 0 Å². The van der Waals surface area contributed by atoms with Crippen molar-refractivity contribution in [3.63, 3.8) is 0 Å². The predicted octanol–water partition coefficient (Wildman–Crippen LogP) is 0.150. The summed E-state index contributed by atoms with van der Waals surface area (Å²) in [6.45, 7) is 5.68. The van der Waals surface area contributed by atoms with Gasteiger partial charge >= 0.3 is 0 Å². The molecule has 1 saturated heterocycles. The lowest BCUT2D eigenvalue weighted by molar-refractivity contribution is -0.151. The molecule has 1 aliphatic carbocycles. The largest absolute Gasteiger partial charge is 0.378 e. The second-order valence-electron chi connectivity index (χ2n) is 5.28. The van der Waals surface area contributed by atoms with Crippen LogP contribution in [0.3, 0.4) is 0 Å². The van der Waals surface area contributed by atoms with Gasteiger partial charge in [0.05, 0.1) is 13.2 Å². The van der Waals surface area contributed by atoms with Gasteiger partial charge in [0, 0.05) is 19.1 Å². The summed E-state index contributed by atoms with van der Waals surface area (Å²) in [4.78, 5) is 26.0. The van der Waals surface area contributed by atoms with Gasteiger partial charge in [-0.25, -0.2) is 0 Å². The van der Waals surface area contributed by atoms with Gasteiger partial charge in [0.1, 0.15) is 5.41 Å². The van der Waals surface area contributed by atoms with E-state index in [1.807, 2.05) is 0 Å². The van der Waals surface area contributed by atoms with Gasteiger partial charge < -0.3 is 15.0 Å². The van der Waals surface area contributed by atoms with E-state index in [0.717, 1.165) is 12.8 Å². The van der Waals surface area contributed by atoms with Crippen LogP contribution in [0.25, 0.3) is 0 Å². The van der Waals surface area contributed by atoms with Crippen LogP contribution in [0.15, 0.2) is 0 Å². The third-order valence-electron chi connectivity index (χ3n) is 3.31. The Kier molecular flexibility index (Phi) is 3.38. The van der Waals surface area contributed by atoms with Crippen LogP contribution in [0.1, 0.15) is 26.7 Å². The van der Waals surface area contributed by atoms with Crippen LogP contribution in [0, 0.1) is 5.41 Å². The summed E-state index contributed by atoms with van der Waals surface area (Å²) >= 11 is 0. The molecule has 0 atom stereocenters. The second kappa shape index (κ2) is 4.64. The van der Waals surface area contributed by atoms with E-state index < -0.39 is 5.41 Å². The number of nitrogens with one attached hydrogen (secondary N) is 1. The summed E-state index contributed by atoms with van der Waals surface area (Å²) in [6.07, 6.45) is 2.07. The topological polar surface area (TPSA) is 58.6 Å². The van der Waals surface area contributed by atoms with Crippen molar-refractivity contribution < 1.29 is 14.3 Å². The van der Waals surface area contributed by atoms with Gasteiger partial charge in [-0.05, 0) is 26.7 Å². The minimum Gasteiger partial charge on any atom is -0.378 e. The lowest BCUT2D eigenvalue weighted by Crippen LogP contribution is -2.52. The van der Waals surface area contributed by atoms with E-state index in [4.69, 9.17) is 4.74 Å². The van der Waals surface area contributed by atoms with E-state index in [2.05, 4.69) is 5.32 Å². The van der Waals surface area contributed by atoms with Crippen molar-refractivity contribution in [2.45, 2.75) is 32.7 Å². The second-order valence-corrected chi connectivity index (χ2v) is 5.28. The maximum absolute atomic E-state index is 12.3. The highest BCUT2D eigenvalue weighted by molar-refractivity contribution is 6.04. The SMILES string of the molecule is CC(C)(C(=O)NC1CC1)C(=O)N1CCOCC1. The Morgan fingerprint density at radius 1 is 1.24 bits per heavy atom. The molecule has 1 heterocycles. The molecule has 0 aromatic heterocycles. The molecule has 0 aromatic rings. The first-order valence-corrected chi connectivity index (χ1v) is 6.20. The van der Waals surface area contributed by atoms with Crippen molar-refractivity contribution in [1.29, 1.82) is 0 Å². The van der Waals surface area contributed by atoms with Gasteiger partial charge in [-0.15, -0.1) is 0 Å². The zero-order chi connectivity index (χ0) is 12.5. The smallest absolute Gasteiger partial charge is 0.237 e. The Morgan fingerprint density at radius 2 is 1.82 bits per heavy atom. The summed E-state index contributed by atoms with van der Waals surface area (Å²) in [5.74, 6) is -0.254.